The zero-order valence-electron chi connectivity index (χ0n) is 11.5. The van der Waals surface area contributed by atoms with Gasteiger partial charge in [-0.3, -0.25) is 4.79 Å². The molecule has 0 radical (unpaired) electrons. The molecule has 1 aromatic carbocycles. The van der Waals surface area contributed by atoms with Crippen LogP contribution in [-0.4, -0.2) is 26.4 Å². The first-order valence-corrected chi connectivity index (χ1v) is 7.77. The van der Waals surface area contributed by atoms with Crippen molar-refractivity contribution >= 4 is 46.6 Å². The van der Waals surface area contributed by atoms with Crippen LogP contribution in [0.25, 0.3) is 0 Å². The van der Waals surface area contributed by atoms with Gasteiger partial charge in [0.2, 0.25) is 11.7 Å². The van der Waals surface area contributed by atoms with E-state index in [1.54, 1.807) is 6.07 Å². The van der Waals surface area contributed by atoms with Gasteiger partial charge in [0.1, 0.15) is 0 Å². The fourth-order valence-corrected chi connectivity index (χ4v) is 2.60. The van der Waals surface area contributed by atoms with Gasteiger partial charge in [-0.25, -0.2) is 0 Å². The van der Waals surface area contributed by atoms with Gasteiger partial charge >= 0.3 is 6.18 Å². The Morgan fingerprint density at radius 2 is 2.00 bits per heavy atom. The Kier molecular flexibility index (Phi) is 5.43. The summed E-state index contributed by atoms with van der Waals surface area (Å²) in [5.41, 5.74) is 0.430. The predicted molar refractivity (Wildman–Crippen MR) is 81.8 cm³/mol. The zero-order valence-corrected chi connectivity index (χ0v) is 13.8. The van der Waals surface area contributed by atoms with Crippen molar-refractivity contribution in [1.82, 2.24) is 14.8 Å². The number of alkyl halides is 3. The number of hydrogen-bond acceptors (Lipinski definition) is 4. The third kappa shape index (κ3) is 4.52. The SMILES string of the molecule is Cn1c(SCC(=O)Nc2ccc(Cl)c(Cl)c2)nnc1C(F)(F)F. The highest BCUT2D eigenvalue weighted by Crippen LogP contribution is 2.29. The monoisotopic (exact) mass is 384 g/mol. The second-order valence-corrected chi connectivity index (χ2v) is 6.09. The highest BCUT2D eigenvalue weighted by atomic mass is 35.5. The third-order valence-corrected chi connectivity index (χ3v) is 4.38. The van der Waals surface area contributed by atoms with Crippen molar-refractivity contribution in [3.63, 3.8) is 0 Å². The highest BCUT2D eigenvalue weighted by molar-refractivity contribution is 7.99. The largest absolute Gasteiger partial charge is 0.451 e. The van der Waals surface area contributed by atoms with Crippen LogP contribution in [0, 0.1) is 0 Å². The number of nitrogens with zero attached hydrogens (tertiary/aromatic N) is 3. The molecule has 0 saturated heterocycles. The van der Waals surface area contributed by atoms with E-state index in [0.29, 0.717) is 10.7 Å². The smallest absolute Gasteiger partial charge is 0.325 e. The lowest BCUT2D eigenvalue weighted by Crippen LogP contribution is -2.15. The molecule has 1 aromatic heterocycles. The fraction of sp³-hybridized carbons (Fsp3) is 0.250. The summed E-state index contributed by atoms with van der Waals surface area (Å²) in [7, 11) is 1.18. The molecule has 1 heterocycles. The van der Waals surface area contributed by atoms with E-state index in [1.807, 2.05) is 0 Å². The standard InChI is InChI=1S/C12H9Cl2F3N4OS/c1-21-10(12(15,16)17)19-20-11(21)23-5-9(22)18-6-2-3-7(13)8(14)4-6/h2-4H,5H2,1H3,(H,18,22). The summed E-state index contributed by atoms with van der Waals surface area (Å²) in [5, 5.41) is 9.66. The van der Waals surface area contributed by atoms with E-state index in [4.69, 9.17) is 23.2 Å². The number of carbonyl (C=O) groups excluding carboxylic acids is 1. The number of amides is 1. The van der Waals surface area contributed by atoms with E-state index < -0.39 is 17.9 Å². The maximum absolute atomic E-state index is 12.6. The third-order valence-electron chi connectivity index (χ3n) is 2.62. The van der Waals surface area contributed by atoms with Crippen LogP contribution < -0.4 is 5.32 Å². The van der Waals surface area contributed by atoms with E-state index in [9.17, 15) is 18.0 Å². The minimum Gasteiger partial charge on any atom is -0.325 e. The molecule has 0 bridgehead atoms. The fourth-order valence-electron chi connectivity index (χ4n) is 1.59. The lowest BCUT2D eigenvalue weighted by molar-refractivity contribution is -0.147. The Balaban J connectivity index is 1.97. The van der Waals surface area contributed by atoms with Crippen molar-refractivity contribution in [2.75, 3.05) is 11.1 Å². The van der Waals surface area contributed by atoms with Gasteiger partial charge in [-0.05, 0) is 18.2 Å². The van der Waals surface area contributed by atoms with E-state index >= 15 is 0 Å². The molecule has 0 aliphatic rings. The number of hydrogen-bond donors (Lipinski definition) is 1. The maximum Gasteiger partial charge on any atom is 0.451 e. The van der Waals surface area contributed by atoms with Gasteiger partial charge in [-0.1, -0.05) is 35.0 Å². The van der Waals surface area contributed by atoms with Gasteiger partial charge in [0.15, 0.2) is 5.16 Å². The normalized spacial score (nSPS) is 11.6. The molecule has 2 rings (SSSR count). The van der Waals surface area contributed by atoms with Gasteiger partial charge in [-0.15, -0.1) is 10.2 Å². The van der Waals surface area contributed by atoms with E-state index in [2.05, 4.69) is 15.5 Å². The van der Waals surface area contributed by atoms with Gasteiger partial charge in [0.25, 0.3) is 0 Å². The quantitative estimate of drug-likeness (QED) is 0.812. The first-order chi connectivity index (χ1) is 10.7. The molecule has 1 N–H and O–H groups in total. The minimum atomic E-state index is -4.59. The van der Waals surface area contributed by atoms with Crippen molar-refractivity contribution in [2.45, 2.75) is 11.3 Å². The molecule has 11 heteroatoms. The van der Waals surface area contributed by atoms with E-state index in [0.717, 1.165) is 16.3 Å². The van der Waals surface area contributed by atoms with Crippen molar-refractivity contribution in [1.29, 1.82) is 0 Å². The number of aromatic nitrogens is 3. The molecular weight excluding hydrogens is 376 g/mol. The molecule has 0 atom stereocenters. The molecule has 5 nitrogen and oxygen atoms in total. The second-order valence-electron chi connectivity index (χ2n) is 4.33. The van der Waals surface area contributed by atoms with Crippen molar-refractivity contribution in [2.24, 2.45) is 7.05 Å². The lowest BCUT2D eigenvalue weighted by Gasteiger charge is -2.07. The van der Waals surface area contributed by atoms with Crippen molar-refractivity contribution in [3.05, 3.63) is 34.1 Å². The van der Waals surface area contributed by atoms with Crippen LogP contribution in [0.4, 0.5) is 18.9 Å². The Bertz CT molecular complexity index is 736. The average molecular weight is 385 g/mol. The van der Waals surface area contributed by atoms with Gasteiger partial charge in [-0.2, -0.15) is 13.2 Å². The summed E-state index contributed by atoms with van der Waals surface area (Å²) in [4.78, 5) is 11.8. The van der Waals surface area contributed by atoms with E-state index in [-0.39, 0.29) is 15.9 Å². The van der Waals surface area contributed by atoms with Crippen LogP contribution in [0.5, 0.6) is 0 Å². The summed E-state index contributed by atoms with van der Waals surface area (Å²) in [6.45, 7) is 0. The molecule has 0 unspecified atom stereocenters. The Morgan fingerprint density at radius 3 is 2.57 bits per heavy atom. The maximum atomic E-state index is 12.6. The summed E-state index contributed by atoms with van der Waals surface area (Å²) >= 11 is 12.4. The summed E-state index contributed by atoms with van der Waals surface area (Å²) in [6.07, 6.45) is -4.59. The van der Waals surface area contributed by atoms with Gasteiger partial charge < -0.3 is 9.88 Å². The molecule has 1 amide bonds. The van der Waals surface area contributed by atoms with Crippen LogP contribution in [0.3, 0.4) is 0 Å². The van der Waals surface area contributed by atoms with Crippen LogP contribution in [-0.2, 0) is 18.0 Å². The van der Waals surface area contributed by atoms with Gasteiger partial charge in [0.05, 0.1) is 15.8 Å². The molecule has 0 fully saturated rings. The minimum absolute atomic E-state index is 0.0124. The number of benzene rings is 1. The molecule has 0 aliphatic heterocycles. The van der Waals surface area contributed by atoms with Gasteiger partial charge in [0, 0.05) is 12.7 Å². The zero-order chi connectivity index (χ0) is 17.2. The van der Waals surface area contributed by atoms with Crippen molar-refractivity contribution in [3.8, 4) is 0 Å². The van der Waals surface area contributed by atoms with Crippen LogP contribution in [0.2, 0.25) is 10.0 Å². The first kappa shape index (κ1) is 17.9. The lowest BCUT2D eigenvalue weighted by atomic mass is 10.3. The van der Waals surface area contributed by atoms with Crippen LogP contribution in [0.1, 0.15) is 5.82 Å². The number of rotatable bonds is 4. The average Bonchev–Trinajstić information content (AvgIpc) is 2.82. The van der Waals surface area contributed by atoms with Crippen LogP contribution >= 0.6 is 35.0 Å². The number of carbonyl (C=O) groups is 1. The number of thioether (sulfide) groups is 1. The molecule has 0 spiro atoms. The Hall–Kier alpha value is -1.45. The summed E-state index contributed by atoms with van der Waals surface area (Å²) in [6, 6.07) is 4.54. The second kappa shape index (κ2) is 6.98. The summed E-state index contributed by atoms with van der Waals surface area (Å²) < 4.78 is 38.5. The van der Waals surface area contributed by atoms with E-state index in [1.165, 1.54) is 19.2 Å². The first-order valence-electron chi connectivity index (χ1n) is 6.03. The predicted octanol–water partition coefficient (Wildman–Crippen LogP) is 3.87. The number of halogens is 5. The summed E-state index contributed by atoms with van der Waals surface area (Å²) in [5.74, 6) is -1.68. The Morgan fingerprint density at radius 1 is 1.30 bits per heavy atom. The topological polar surface area (TPSA) is 59.8 Å². The Labute approximate surface area is 143 Å². The number of anilines is 1. The number of nitrogens with one attached hydrogen (secondary N) is 1. The molecule has 124 valence electrons. The molecular formula is C12H9Cl2F3N4OS. The van der Waals surface area contributed by atoms with Crippen LogP contribution in [0.15, 0.2) is 23.4 Å². The highest BCUT2D eigenvalue weighted by Gasteiger charge is 2.37. The molecule has 2 aromatic rings. The van der Waals surface area contributed by atoms with Crippen molar-refractivity contribution < 1.29 is 18.0 Å². The molecule has 0 saturated carbocycles. The molecule has 0 aliphatic carbocycles. The molecule has 23 heavy (non-hydrogen) atoms.